The van der Waals surface area contributed by atoms with Crippen molar-refractivity contribution in [3.8, 4) is 0 Å². The second kappa shape index (κ2) is 9.41. The molecular weight excluding hydrogens is 352 g/mol. The molecule has 1 N–H and O–H groups in total. The van der Waals surface area contributed by atoms with Gasteiger partial charge in [-0.1, -0.05) is 20.8 Å². The molecule has 0 aliphatic heterocycles. The number of aryl methyl sites for hydroxylation is 2. The van der Waals surface area contributed by atoms with Crippen molar-refractivity contribution in [1.82, 2.24) is 20.0 Å². The molecule has 6 nitrogen and oxygen atoms in total. The third-order valence-corrected chi connectivity index (χ3v) is 5.87. The molecule has 0 aromatic carbocycles. The highest BCUT2D eigenvalue weighted by atomic mass is 16.4. The molecule has 3 rings (SSSR count). The smallest absolute Gasteiger partial charge is 0.287 e. The van der Waals surface area contributed by atoms with Crippen LogP contribution >= 0.6 is 0 Å². The Labute approximate surface area is 168 Å². The maximum Gasteiger partial charge on any atom is 0.287 e. The van der Waals surface area contributed by atoms with E-state index in [2.05, 4.69) is 53.9 Å². The summed E-state index contributed by atoms with van der Waals surface area (Å²) >= 11 is 0. The van der Waals surface area contributed by atoms with Gasteiger partial charge in [-0.05, 0) is 57.3 Å². The molecule has 154 valence electrons. The summed E-state index contributed by atoms with van der Waals surface area (Å²) in [7, 11) is 0. The molecule has 28 heavy (non-hydrogen) atoms. The average Bonchev–Trinajstić information content (AvgIpc) is 3.32. The van der Waals surface area contributed by atoms with Crippen LogP contribution in [0.25, 0.3) is 0 Å². The summed E-state index contributed by atoms with van der Waals surface area (Å²) in [6.07, 6.45) is 8.85. The van der Waals surface area contributed by atoms with Gasteiger partial charge in [-0.3, -0.25) is 14.4 Å². The number of amides is 1. The molecule has 1 amide bonds. The molecule has 0 spiro atoms. The van der Waals surface area contributed by atoms with Crippen LogP contribution in [-0.2, 0) is 13.0 Å². The van der Waals surface area contributed by atoms with Crippen LogP contribution in [0.3, 0.4) is 0 Å². The van der Waals surface area contributed by atoms with Gasteiger partial charge in [-0.15, -0.1) is 0 Å². The molecule has 0 saturated heterocycles. The van der Waals surface area contributed by atoms with Gasteiger partial charge in [0.05, 0.1) is 12.2 Å². The summed E-state index contributed by atoms with van der Waals surface area (Å²) in [6.45, 7) is 11.3. The summed E-state index contributed by atoms with van der Waals surface area (Å²) in [5, 5.41) is 7.63. The van der Waals surface area contributed by atoms with Crippen molar-refractivity contribution in [3.63, 3.8) is 0 Å². The number of nitrogens with zero attached hydrogens (tertiary/aromatic N) is 3. The van der Waals surface area contributed by atoms with E-state index in [0.717, 1.165) is 63.1 Å². The fourth-order valence-electron chi connectivity index (χ4n) is 4.07. The monoisotopic (exact) mass is 386 g/mol. The van der Waals surface area contributed by atoms with Crippen LogP contribution < -0.4 is 5.32 Å². The fourth-order valence-corrected chi connectivity index (χ4v) is 4.07. The van der Waals surface area contributed by atoms with Crippen molar-refractivity contribution < 1.29 is 9.21 Å². The second-order valence-corrected chi connectivity index (χ2v) is 7.85. The zero-order valence-electron chi connectivity index (χ0n) is 17.7. The first-order chi connectivity index (χ1) is 13.5. The average molecular weight is 387 g/mol. The molecule has 1 aliphatic carbocycles. The van der Waals surface area contributed by atoms with Gasteiger partial charge in [0, 0.05) is 30.8 Å². The lowest BCUT2D eigenvalue weighted by molar-refractivity contribution is 0.0892. The van der Waals surface area contributed by atoms with E-state index in [1.807, 2.05) is 12.3 Å². The summed E-state index contributed by atoms with van der Waals surface area (Å²) in [5.74, 6) is 1.29. The van der Waals surface area contributed by atoms with Gasteiger partial charge in [0.2, 0.25) is 0 Å². The minimum absolute atomic E-state index is 0.0844. The number of rotatable bonds is 8. The van der Waals surface area contributed by atoms with Crippen molar-refractivity contribution in [2.75, 3.05) is 13.1 Å². The minimum atomic E-state index is -0.0844. The van der Waals surface area contributed by atoms with Crippen LogP contribution in [0.5, 0.6) is 0 Å². The SMILES string of the molecule is CCc1oc(C(=O)NC2CCC(n3cc(C)cn3)CC2)cc1CN(CC)CC. The van der Waals surface area contributed by atoms with Gasteiger partial charge >= 0.3 is 0 Å². The highest BCUT2D eigenvalue weighted by Crippen LogP contribution is 2.28. The van der Waals surface area contributed by atoms with Crippen LogP contribution in [0.1, 0.15) is 79.9 Å². The van der Waals surface area contributed by atoms with Crippen LogP contribution in [0.15, 0.2) is 22.9 Å². The number of carbonyl (C=O) groups is 1. The Kier molecular flexibility index (Phi) is 6.94. The molecule has 1 fully saturated rings. The zero-order chi connectivity index (χ0) is 20.1. The summed E-state index contributed by atoms with van der Waals surface area (Å²) in [4.78, 5) is 15.1. The summed E-state index contributed by atoms with van der Waals surface area (Å²) in [5.41, 5.74) is 2.33. The standard InChI is InChI=1S/C22H34N4O2/c1-5-20-17(15-25(6-2)7-3)12-21(28-20)22(27)24-18-8-10-19(11-9-18)26-14-16(4)13-23-26/h12-14,18-19H,5-11,15H2,1-4H3,(H,24,27). The largest absolute Gasteiger partial charge is 0.456 e. The lowest BCUT2D eigenvalue weighted by Gasteiger charge is -2.29. The number of aromatic nitrogens is 2. The van der Waals surface area contributed by atoms with E-state index in [1.165, 1.54) is 5.56 Å². The van der Waals surface area contributed by atoms with Gasteiger partial charge in [-0.2, -0.15) is 5.10 Å². The van der Waals surface area contributed by atoms with Gasteiger partial charge in [0.25, 0.3) is 5.91 Å². The molecule has 0 atom stereocenters. The van der Waals surface area contributed by atoms with Crippen LogP contribution in [-0.4, -0.2) is 39.7 Å². The molecule has 0 unspecified atom stereocenters. The summed E-state index contributed by atoms with van der Waals surface area (Å²) in [6, 6.07) is 2.59. The Morgan fingerprint density at radius 3 is 2.54 bits per heavy atom. The van der Waals surface area contributed by atoms with Crippen molar-refractivity contribution in [3.05, 3.63) is 41.1 Å². The van der Waals surface area contributed by atoms with Crippen LogP contribution in [0.4, 0.5) is 0 Å². The zero-order valence-corrected chi connectivity index (χ0v) is 17.7. The van der Waals surface area contributed by atoms with E-state index in [4.69, 9.17) is 4.42 Å². The Morgan fingerprint density at radius 1 is 1.25 bits per heavy atom. The Hall–Kier alpha value is -2.08. The van der Waals surface area contributed by atoms with Crippen molar-refractivity contribution in [2.45, 2.75) is 78.4 Å². The van der Waals surface area contributed by atoms with E-state index < -0.39 is 0 Å². The third-order valence-electron chi connectivity index (χ3n) is 5.87. The number of hydrogen-bond donors (Lipinski definition) is 1. The first kappa shape index (κ1) is 20.6. The highest BCUT2D eigenvalue weighted by molar-refractivity contribution is 5.92. The van der Waals surface area contributed by atoms with Crippen molar-refractivity contribution in [1.29, 1.82) is 0 Å². The predicted octanol–water partition coefficient (Wildman–Crippen LogP) is 4.10. The maximum atomic E-state index is 12.7. The second-order valence-electron chi connectivity index (χ2n) is 7.85. The van der Waals surface area contributed by atoms with E-state index in [9.17, 15) is 4.79 Å². The molecule has 1 saturated carbocycles. The quantitative estimate of drug-likeness (QED) is 0.742. The van der Waals surface area contributed by atoms with E-state index in [0.29, 0.717) is 11.8 Å². The Bertz CT molecular complexity index is 767. The Balaban J connectivity index is 1.57. The van der Waals surface area contributed by atoms with Gasteiger partial charge in [0.1, 0.15) is 5.76 Å². The van der Waals surface area contributed by atoms with Crippen molar-refractivity contribution in [2.24, 2.45) is 0 Å². The molecule has 2 aromatic rings. The number of carbonyl (C=O) groups excluding carboxylic acids is 1. The van der Waals surface area contributed by atoms with E-state index >= 15 is 0 Å². The van der Waals surface area contributed by atoms with E-state index in [-0.39, 0.29) is 11.9 Å². The fraction of sp³-hybridized carbons (Fsp3) is 0.636. The molecule has 6 heteroatoms. The van der Waals surface area contributed by atoms with Crippen LogP contribution in [0, 0.1) is 6.92 Å². The maximum absolute atomic E-state index is 12.7. The molecule has 2 heterocycles. The predicted molar refractivity (Wildman–Crippen MR) is 110 cm³/mol. The minimum Gasteiger partial charge on any atom is -0.456 e. The lowest BCUT2D eigenvalue weighted by atomic mass is 9.91. The normalized spacial score (nSPS) is 19.9. The highest BCUT2D eigenvalue weighted by Gasteiger charge is 2.25. The third kappa shape index (κ3) is 4.85. The van der Waals surface area contributed by atoms with Gasteiger partial charge in [-0.25, -0.2) is 0 Å². The molecule has 1 aliphatic rings. The van der Waals surface area contributed by atoms with Crippen LogP contribution in [0.2, 0.25) is 0 Å². The first-order valence-corrected chi connectivity index (χ1v) is 10.7. The number of furan rings is 1. The Morgan fingerprint density at radius 2 is 1.96 bits per heavy atom. The van der Waals surface area contributed by atoms with Gasteiger partial charge in [0.15, 0.2) is 5.76 Å². The van der Waals surface area contributed by atoms with Gasteiger partial charge < -0.3 is 9.73 Å². The molecule has 2 aromatic heterocycles. The molecule has 0 bridgehead atoms. The van der Waals surface area contributed by atoms with Crippen molar-refractivity contribution >= 4 is 5.91 Å². The van der Waals surface area contributed by atoms with E-state index in [1.54, 1.807) is 0 Å². The molecule has 0 radical (unpaired) electrons. The lowest BCUT2D eigenvalue weighted by Crippen LogP contribution is -2.37. The first-order valence-electron chi connectivity index (χ1n) is 10.7. The number of nitrogens with one attached hydrogen (secondary N) is 1. The summed E-state index contributed by atoms with van der Waals surface area (Å²) < 4.78 is 7.97. The topological polar surface area (TPSA) is 63.3 Å². The number of hydrogen-bond acceptors (Lipinski definition) is 4. The molecular formula is C22H34N4O2.